The molecule has 6 heteroatoms. The van der Waals surface area contributed by atoms with Crippen molar-refractivity contribution >= 4 is 16.7 Å². The summed E-state index contributed by atoms with van der Waals surface area (Å²) in [6, 6.07) is 0. The lowest BCUT2D eigenvalue weighted by Gasteiger charge is -1.85. The molecule has 12 heavy (non-hydrogen) atoms. The zero-order valence-electron chi connectivity index (χ0n) is 5.87. The van der Waals surface area contributed by atoms with Crippen molar-refractivity contribution in [3.8, 4) is 0 Å². The molecule has 0 fully saturated rings. The molecule has 0 saturated carbocycles. The number of aromatic nitrogens is 3. The van der Waals surface area contributed by atoms with Crippen molar-refractivity contribution in [1.29, 1.82) is 0 Å². The quantitative estimate of drug-likeness (QED) is 0.606. The van der Waals surface area contributed by atoms with Crippen LogP contribution in [0.25, 0.3) is 11.0 Å². The number of rotatable bonds is 1. The summed E-state index contributed by atoms with van der Waals surface area (Å²) in [5.41, 5.74) is 0.409. The van der Waals surface area contributed by atoms with Gasteiger partial charge in [0.1, 0.15) is 11.0 Å². The summed E-state index contributed by atoms with van der Waals surface area (Å²) in [6.07, 6.45) is 2.58. The van der Waals surface area contributed by atoms with E-state index in [1.165, 1.54) is 12.5 Å². The first-order valence-corrected chi connectivity index (χ1v) is 3.21. The molecule has 0 bridgehead atoms. The van der Waals surface area contributed by atoms with Gasteiger partial charge in [0.15, 0.2) is 5.69 Å². The molecule has 0 aliphatic rings. The van der Waals surface area contributed by atoms with Crippen molar-refractivity contribution in [3.05, 3.63) is 27.8 Å². The van der Waals surface area contributed by atoms with E-state index in [4.69, 9.17) is 0 Å². The number of nitroso groups, excluding NO2 is 1. The molecule has 0 unspecified atom stereocenters. The highest BCUT2D eigenvalue weighted by molar-refractivity contribution is 5.85. The molecule has 2 N–H and O–H groups in total. The fraction of sp³-hybridized carbons (Fsp3) is 0. The molecule has 60 valence electrons. The smallest absolute Gasteiger partial charge is 0.275 e. The van der Waals surface area contributed by atoms with Gasteiger partial charge in [-0.15, -0.1) is 4.91 Å². The van der Waals surface area contributed by atoms with Gasteiger partial charge in [-0.2, -0.15) is 0 Å². The van der Waals surface area contributed by atoms with Crippen LogP contribution in [0.3, 0.4) is 0 Å². The van der Waals surface area contributed by atoms with Crippen LogP contribution in [-0.4, -0.2) is 15.0 Å². The Hall–Kier alpha value is -1.98. The van der Waals surface area contributed by atoms with Crippen molar-refractivity contribution in [1.82, 2.24) is 15.0 Å². The predicted molar refractivity (Wildman–Crippen MR) is 42.2 cm³/mol. The number of fused-ring (bicyclic) bond motifs is 1. The van der Waals surface area contributed by atoms with Crippen LogP contribution < -0.4 is 5.56 Å². The highest BCUT2D eigenvalue weighted by atomic mass is 16.3. The lowest BCUT2D eigenvalue weighted by Crippen LogP contribution is -2.05. The first kappa shape index (κ1) is 6.71. The Balaban J connectivity index is 2.98. The SMILES string of the molecule is O=Nc1c[nH]c2c(=O)[nH]cnc12. The van der Waals surface area contributed by atoms with Crippen molar-refractivity contribution in [2.75, 3.05) is 0 Å². The van der Waals surface area contributed by atoms with Crippen LogP contribution in [0, 0.1) is 4.91 Å². The molecule has 0 atom stereocenters. The Kier molecular flexibility index (Phi) is 1.26. The van der Waals surface area contributed by atoms with Gasteiger partial charge in [0, 0.05) is 6.20 Å². The van der Waals surface area contributed by atoms with Crippen LogP contribution in [0.15, 0.2) is 22.5 Å². The summed E-state index contributed by atoms with van der Waals surface area (Å²) >= 11 is 0. The number of nitrogens with one attached hydrogen (secondary N) is 2. The highest BCUT2D eigenvalue weighted by Gasteiger charge is 2.06. The van der Waals surface area contributed by atoms with E-state index in [2.05, 4.69) is 20.1 Å². The first-order chi connectivity index (χ1) is 5.83. The zero-order valence-corrected chi connectivity index (χ0v) is 5.87. The number of hydrogen-bond donors (Lipinski definition) is 2. The summed E-state index contributed by atoms with van der Waals surface area (Å²) in [5.74, 6) is 0. The minimum Gasteiger partial charge on any atom is -0.353 e. The van der Waals surface area contributed by atoms with Gasteiger partial charge < -0.3 is 9.97 Å². The number of nitrogens with zero attached hydrogens (tertiary/aromatic N) is 2. The maximum Gasteiger partial charge on any atom is 0.275 e. The van der Waals surface area contributed by atoms with E-state index in [9.17, 15) is 9.70 Å². The second-order valence-corrected chi connectivity index (χ2v) is 2.22. The molecule has 0 aromatic carbocycles. The second kappa shape index (κ2) is 2.26. The van der Waals surface area contributed by atoms with E-state index in [0.29, 0.717) is 5.52 Å². The van der Waals surface area contributed by atoms with Crippen LogP contribution in [0.4, 0.5) is 5.69 Å². The van der Waals surface area contributed by atoms with Crippen molar-refractivity contribution in [2.45, 2.75) is 0 Å². The average molecular weight is 164 g/mol. The summed E-state index contributed by atoms with van der Waals surface area (Å²) < 4.78 is 0. The minimum atomic E-state index is -0.310. The van der Waals surface area contributed by atoms with Crippen LogP contribution in [0.2, 0.25) is 0 Å². The van der Waals surface area contributed by atoms with Gasteiger partial charge in [0.25, 0.3) is 5.56 Å². The normalized spacial score (nSPS) is 10.3. The Morgan fingerprint density at radius 2 is 2.25 bits per heavy atom. The van der Waals surface area contributed by atoms with Crippen molar-refractivity contribution in [3.63, 3.8) is 0 Å². The van der Waals surface area contributed by atoms with E-state index in [1.807, 2.05) is 0 Å². The van der Waals surface area contributed by atoms with Gasteiger partial charge in [0.2, 0.25) is 0 Å². The molecule has 2 rings (SSSR count). The number of H-pyrrole nitrogens is 2. The van der Waals surface area contributed by atoms with E-state index in [0.717, 1.165) is 0 Å². The van der Waals surface area contributed by atoms with Gasteiger partial charge in [0.05, 0.1) is 6.33 Å². The lowest BCUT2D eigenvalue weighted by atomic mass is 10.4. The van der Waals surface area contributed by atoms with Crippen LogP contribution >= 0.6 is 0 Å². The molecular weight excluding hydrogens is 160 g/mol. The highest BCUT2D eigenvalue weighted by Crippen LogP contribution is 2.19. The van der Waals surface area contributed by atoms with Crippen LogP contribution in [-0.2, 0) is 0 Å². The van der Waals surface area contributed by atoms with Crippen LogP contribution in [0.5, 0.6) is 0 Å². The Bertz CT molecular complexity index is 483. The Morgan fingerprint density at radius 1 is 1.42 bits per heavy atom. The van der Waals surface area contributed by atoms with E-state index in [1.54, 1.807) is 0 Å². The Labute approximate surface area is 65.6 Å². The number of hydrogen-bond acceptors (Lipinski definition) is 4. The monoisotopic (exact) mass is 164 g/mol. The molecule has 0 aliphatic heterocycles. The average Bonchev–Trinajstić information content (AvgIpc) is 2.49. The van der Waals surface area contributed by atoms with Gasteiger partial charge in [-0.05, 0) is 5.18 Å². The zero-order chi connectivity index (χ0) is 8.55. The molecule has 0 amide bonds. The molecule has 2 heterocycles. The molecule has 2 aromatic rings. The molecular formula is C6H4N4O2. The first-order valence-electron chi connectivity index (χ1n) is 3.21. The molecule has 0 radical (unpaired) electrons. The van der Waals surface area contributed by atoms with E-state index >= 15 is 0 Å². The summed E-state index contributed by atoms with van der Waals surface area (Å²) in [5, 5.41) is 2.70. The van der Waals surface area contributed by atoms with E-state index in [-0.39, 0.29) is 16.8 Å². The molecule has 0 aliphatic carbocycles. The van der Waals surface area contributed by atoms with Crippen molar-refractivity contribution in [2.24, 2.45) is 5.18 Å². The molecule has 6 nitrogen and oxygen atoms in total. The lowest BCUT2D eigenvalue weighted by molar-refractivity contribution is 1.16. The largest absolute Gasteiger partial charge is 0.353 e. The van der Waals surface area contributed by atoms with Crippen molar-refractivity contribution < 1.29 is 0 Å². The van der Waals surface area contributed by atoms with Gasteiger partial charge >= 0.3 is 0 Å². The maximum atomic E-state index is 11.0. The third-order valence-electron chi connectivity index (χ3n) is 1.55. The van der Waals surface area contributed by atoms with Gasteiger partial charge in [-0.25, -0.2) is 4.98 Å². The van der Waals surface area contributed by atoms with Gasteiger partial charge in [-0.3, -0.25) is 4.79 Å². The fourth-order valence-corrected chi connectivity index (χ4v) is 1.01. The maximum absolute atomic E-state index is 11.0. The summed E-state index contributed by atoms with van der Waals surface area (Å²) in [6.45, 7) is 0. The second-order valence-electron chi connectivity index (χ2n) is 2.22. The van der Waals surface area contributed by atoms with Gasteiger partial charge in [-0.1, -0.05) is 0 Å². The molecule has 0 spiro atoms. The molecule has 0 saturated heterocycles. The standard InChI is InChI=1S/C6H4N4O2/c11-6-5-4(8-2-9-6)3(10-12)1-7-5/h1-2,7H,(H,8,9,11). The third-order valence-corrected chi connectivity index (χ3v) is 1.55. The third kappa shape index (κ3) is 0.746. The topological polar surface area (TPSA) is 91.0 Å². The summed E-state index contributed by atoms with van der Waals surface area (Å²) in [7, 11) is 0. The van der Waals surface area contributed by atoms with E-state index < -0.39 is 0 Å². The predicted octanol–water partition coefficient (Wildman–Crippen LogP) is 0.649. The number of aromatic amines is 2. The summed E-state index contributed by atoms with van der Waals surface area (Å²) in [4.78, 5) is 30.0. The molecule has 2 aromatic heterocycles. The van der Waals surface area contributed by atoms with Crippen LogP contribution in [0.1, 0.15) is 0 Å². The Morgan fingerprint density at radius 3 is 3.00 bits per heavy atom. The minimum absolute atomic E-state index is 0.149. The fourth-order valence-electron chi connectivity index (χ4n) is 1.01.